The zero-order valence-corrected chi connectivity index (χ0v) is 21.9. The van der Waals surface area contributed by atoms with Crippen molar-refractivity contribution < 1.29 is 14.0 Å². The zero-order chi connectivity index (χ0) is 27.2. The van der Waals surface area contributed by atoms with E-state index in [-0.39, 0.29) is 29.6 Å². The number of ketones is 1. The Morgan fingerprint density at radius 3 is 2.15 bits per heavy atom. The SMILES string of the molecule is N#C/C(C(=O)c1ccccc1)=C1/SC=C(NC(=O)CN2CCN(c3ccc(F)cc3)CC2)N1c1ccccc1. The van der Waals surface area contributed by atoms with Gasteiger partial charge in [-0.3, -0.25) is 19.4 Å². The molecular weight excluding hydrogens is 513 g/mol. The van der Waals surface area contributed by atoms with Crippen molar-refractivity contribution >= 4 is 34.8 Å². The fraction of sp³-hybridized carbons (Fsp3) is 0.167. The van der Waals surface area contributed by atoms with E-state index in [1.54, 1.807) is 46.7 Å². The highest BCUT2D eigenvalue weighted by molar-refractivity contribution is 8.06. The first-order valence-corrected chi connectivity index (χ1v) is 13.4. The monoisotopic (exact) mass is 539 g/mol. The number of benzene rings is 3. The summed E-state index contributed by atoms with van der Waals surface area (Å²) in [6.07, 6.45) is 0. The molecule has 0 saturated carbocycles. The summed E-state index contributed by atoms with van der Waals surface area (Å²) in [6, 6.07) is 26.5. The minimum atomic E-state index is -0.374. The second-order valence-electron chi connectivity index (χ2n) is 9.07. The lowest BCUT2D eigenvalue weighted by atomic mass is 10.1. The number of nitrogens with zero attached hydrogens (tertiary/aromatic N) is 4. The van der Waals surface area contributed by atoms with Crippen LogP contribution in [0.2, 0.25) is 0 Å². The van der Waals surface area contributed by atoms with Gasteiger partial charge in [-0.15, -0.1) is 0 Å². The Morgan fingerprint density at radius 1 is 0.872 bits per heavy atom. The molecule has 1 fully saturated rings. The van der Waals surface area contributed by atoms with E-state index in [9.17, 15) is 19.2 Å². The maximum Gasteiger partial charge on any atom is 0.239 e. The van der Waals surface area contributed by atoms with Gasteiger partial charge in [-0.05, 0) is 36.4 Å². The van der Waals surface area contributed by atoms with E-state index < -0.39 is 0 Å². The second kappa shape index (κ2) is 12.0. The molecule has 7 nitrogen and oxygen atoms in total. The molecule has 0 radical (unpaired) electrons. The summed E-state index contributed by atoms with van der Waals surface area (Å²) in [5.74, 6) is -0.333. The quantitative estimate of drug-likeness (QED) is 0.264. The molecule has 9 heteroatoms. The average molecular weight is 540 g/mol. The Bertz CT molecular complexity index is 1440. The summed E-state index contributed by atoms with van der Waals surface area (Å²) in [7, 11) is 0. The second-order valence-corrected chi connectivity index (χ2v) is 9.92. The first-order chi connectivity index (χ1) is 19.0. The van der Waals surface area contributed by atoms with Gasteiger partial charge in [-0.25, -0.2) is 4.39 Å². The molecule has 3 aromatic rings. The number of thioether (sulfide) groups is 1. The predicted molar refractivity (Wildman–Crippen MR) is 151 cm³/mol. The number of hydrogen-bond donors (Lipinski definition) is 1. The highest BCUT2D eigenvalue weighted by Gasteiger charge is 2.31. The molecule has 1 saturated heterocycles. The molecule has 2 heterocycles. The van der Waals surface area contributed by atoms with Gasteiger partial charge in [-0.2, -0.15) is 5.26 Å². The summed E-state index contributed by atoms with van der Waals surface area (Å²) in [6.45, 7) is 3.04. The average Bonchev–Trinajstić information content (AvgIpc) is 3.38. The Balaban J connectivity index is 1.29. The number of nitriles is 1. The number of amides is 1. The Morgan fingerprint density at radius 2 is 1.51 bits per heavy atom. The van der Waals surface area contributed by atoms with Gasteiger partial charge in [0.25, 0.3) is 0 Å². The third-order valence-corrected chi connectivity index (χ3v) is 7.48. The van der Waals surface area contributed by atoms with Gasteiger partial charge < -0.3 is 10.2 Å². The standard InChI is InChI=1S/C30H26FN5O2S/c31-23-11-13-24(14-12-23)35-17-15-34(16-18-35)20-28(37)33-27-21-39-30(36(27)25-9-5-2-6-10-25)26(19-32)29(38)22-7-3-1-4-8-22/h1-14,21H,15-18,20H2,(H,33,37)/b30-26-. The van der Waals surface area contributed by atoms with Crippen molar-refractivity contribution in [3.63, 3.8) is 0 Å². The first-order valence-electron chi connectivity index (χ1n) is 12.5. The largest absolute Gasteiger partial charge is 0.369 e. The molecule has 0 spiro atoms. The number of hydrogen-bond acceptors (Lipinski definition) is 7. The van der Waals surface area contributed by atoms with Gasteiger partial charge in [0.1, 0.15) is 28.3 Å². The fourth-order valence-corrected chi connectivity index (χ4v) is 5.50. The van der Waals surface area contributed by atoms with Gasteiger partial charge in [0.05, 0.1) is 6.54 Å². The molecule has 39 heavy (non-hydrogen) atoms. The zero-order valence-electron chi connectivity index (χ0n) is 21.1. The smallest absolute Gasteiger partial charge is 0.239 e. The molecule has 5 rings (SSSR count). The number of Topliss-reactive ketones (excluding diaryl/α,β-unsaturated/α-hetero) is 1. The topological polar surface area (TPSA) is 79.7 Å². The van der Waals surface area contributed by atoms with Crippen molar-refractivity contribution in [3.8, 4) is 6.07 Å². The van der Waals surface area contributed by atoms with Crippen molar-refractivity contribution in [2.24, 2.45) is 0 Å². The van der Waals surface area contributed by atoms with Crippen LogP contribution in [0, 0.1) is 17.1 Å². The van der Waals surface area contributed by atoms with Crippen LogP contribution in [0.3, 0.4) is 0 Å². The van der Waals surface area contributed by atoms with Crippen LogP contribution in [0.4, 0.5) is 15.8 Å². The van der Waals surface area contributed by atoms with Gasteiger partial charge in [-0.1, -0.05) is 60.3 Å². The molecule has 1 amide bonds. The number of halogens is 1. The van der Waals surface area contributed by atoms with Crippen LogP contribution in [-0.2, 0) is 4.79 Å². The molecule has 2 aliphatic rings. The molecule has 0 atom stereocenters. The number of piperazine rings is 1. The maximum absolute atomic E-state index is 13.3. The Labute approximate surface area is 230 Å². The number of nitrogens with one attached hydrogen (secondary N) is 1. The van der Waals surface area contributed by atoms with Crippen LogP contribution >= 0.6 is 11.8 Å². The van der Waals surface area contributed by atoms with Crippen LogP contribution in [0.5, 0.6) is 0 Å². The van der Waals surface area contributed by atoms with E-state index in [4.69, 9.17) is 0 Å². The molecule has 3 aromatic carbocycles. The van der Waals surface area contributed by atoms with Crippen molar-refractivity contribution in [1.29, 1.82) is 5.26 Å². The predicted octanol–water partition coefficient (Wildman–Crippen LogP) is 4.73. The maximum atomic E-state index is 13.3. The number of carbonyl (C=O) groups is 2. The lowest BCUT2D eigenvalue weighted by molar-refractivity contribution is -0.121. The van der Waals surface area contributed by atoms with Gasteiger partial charge in [0, 0.05) is 48.5 Å². The van der Waals surface area contributed by atoms with E-state index >= 15 is 0 Å². The van der Waals surface area contributed by atoms with E-state index in [0.717, 1.165) is 24.5 Å². The number of carbonyl (C=O) groups excluding carboxylic acids is 2. The first kappa shape index (κ1) is 26.2. The van der Waals surface area contributed by atoms with Crippen LogP contribution < -0.4 is 15.1 Å². The molecular formula is C30H26FN5O2S. The summed E-state index contributed by atoms with van der Waals surface area (Å²) in [5, 5.41) is 15.2. The number of allylic oxidation sites excluding steroid dienone is 1. The Hall–Kier alpha value is -4.39. The van der Waals surface area contributed by atoms with Crippen LogP contribution in [0.15, 0.2) is 107 Å². The van der Waals surface area contributed by atoms with E-state index in [2.05, 4.69) is 21.2 Å². The number of para-hydroxylation sites is 1. The van der Waals surface area contributed by atoms with Gasteiger partial charge >= 0.3 is 0 Å². The van der Waals surface area contributed by atoms with Crippen LogP contribution in [-0.4, -0.2) is 49.3 Å². The van der Waals surface area contributed by atoms with E-state index in [1.165, 1.54) is 23.9 Å². The third kappa shape index (κ3) is 6.03. The molecule has 0 aliphatic carbocycles. The van der Waals surface area contributed by atoms with Crippen molar-refractivity contribution in [2.45, 2.75) is 0 Å². The van der Waals surface area contributed by atoms with Crippen molar-refractivity contribution in [2.75, 3.05) is 42.5 Å². The molecule has 1 N–H and O–H groups in total. The van der Waals surface area contributed by atoms with Gasteiger partial charge in [0.15, 0.2) is 0 Å². The Kier molecular flexibility index (Phi) is 8.06. The normalized spacial score (nSPS) is 16.9. The minimum Gasteiger partial charge on any atom is -0.369 e. The highest BCUT2D eigenvalue weighted by atomic mass is 32.2. The van der Waals surface area contributed by atoms with Crippen molar-refractivity contribution in [3.05, 3.63) is 118 Å². The van der Waals surface area contributed by atoms with Crippen molar-refractivity contribution in [1.82, 2.24) is 10.2 Å². The number of anilines is 2. The summed E-state index contributed by atoms with van der Waals surface area (Å²) < 4.78 is 13.3. The summed E-state index contributed by atoms with van der Waals surface area (Å²) in [4.78, 5) is 32.3. The lowest BCUT2D eigenvalue weighted by Crippen LogP contribution is -2.49. The van der Waals surface area contributed by atoms with Gasteiger partial charge in [0.2, 0.25) is 11.7 Å². The molecule has 196 valence electrons. The van der Waals surface area contributed by atoms with Crippen LogP contribution in [0.1, 0.15) is 10.4 Å². The third-order valence-electron chi connectivity index (χ3n) is 6.53. The number of rotatable bonds is 7. The van der Waals surface area contributed by atoms with E-state index in [0.29, 0.717) is 29.5 Å². The van der Waals surface area contributed by atoms with Crippen LogP contribution in [0.25, 0.3) is 0 Å². The molecule has 0 unspecified atom stereocenters. The van der Waals surface area contributed by atoms with E-state index in [1.807, 2.05) is 36.4 Å². The summed E-state index contributed by atoms with van der Waals surface area (Å²) in [5.41, 5.74) is 2.12. The summed E-state index contributed by atoms with van der Waals surface area (Å²) >= 11 is 1.23. The molecule has 0 aromatic heterocycles. The molecule has 2 aliphatic heterocycles. The lowest BCUT2D eigenvalue weighted by Gasteiger charge is -2.35. The molecule has 0 bridgehead atoms. The highest BCUT2D eigenvalue weighted by Crippen LogP contribution is 2.40. The fourth-order valence-electron chi connectivity index (χ4n) is 4.55. The minimum absolute atomic E-state index is 0.00691.